The van der Waals surface area contributed by atoms with Gasteiger partial charge in [-0.15, -0.1) is 0 Å². The molecule has 2 N–H and O–H groups in total. The summed E-state index contributed by atoms with van der Waals surface area (Å²) in [5, 5.41) is 0. The van der Waals surface area contributed by atoms with Gasteiger partial charge < -0.3 is 15.2 Å². The Hall–Kier alpha value is -3.41. The molecular formula is C18H15N3O3. The van der Waals surface area contributed by atoms with Gasteiger partial charge in [-0.3, -0.25) is 4.79 Å². The quantitative estimate of drug-likeness (QED) is 0.754. The third kappa shape index (κ3) is 4.07. The average molecular weight is 321 g/mol. The van der Waals surface area contributed by atoms with Crippen molar-refractivity contribution in [3.05, 3.63) is 78.1 Å². The molecule has 0 bridgehead atoms. The van der Waals surface area contributed by atoms with Crippen LogP contribution in [-0.4, -0.2) is 15.9 Å². The van der Waals surface area contributed by atoms with Crippen LogP contribution in [0.5, 0.6) is 17.5 Å². The van der Waals surface area contributed by atoms with E-state index in [0.29, 0.717) is 23.7 Å². The van der Waals surface area contributed by atoms with E-state index in [0.717, 1.165) is 5.56 Å². The molecule has 0 aliphatic carbocycles. The monoisotopic (exact) mass is 321 g/mol. The summed E-state index contributed by atoms with van der Waals surface area (Å²) in [6.45, 7) is 0.312. The van der Waals surface area contributed by atoms with E-state index in [1.807, 2.05) is 18.2 Å². The standard InChI is InChI=1S/C18H15N3O3/c19-17(22)14-5-1-4-13(10-14)12-23-15-6-2-7-16(11-15)24-18-20-8-3-9-21-18/h1-11H,12H2,(H2,19,22). The molecule has 1 heterocycles. The average Bonchev–Trinajstić information content (AvgIpc) is 2.61. The first-order valence-corrected chi connectivity index (χ1v) is 7.27. The van der Waals surface area contributed by atoms with Crippen LogP contribution in [0.3, 0.4) is 0 Å². The van der Waals surface area contributed by atoms with Crippen molar-refractivity contribution in [2.45, 2.75) is 6.61 Å². The number of primary amides is 1. The van der Waals surface area contributed by atoms with Crippen molar-refractivity contribution in [1.82, 2.24) is 9.97 Å². The lowest BCUT2D eigenvalue weighted by Crippen LogP contribution is -2.11. The molecule has 0 atom stereocenters. The number of nitrogens with two attached hydrogens (primary N) is 1. The van der Waals surface area contributed by atoms with Crippen LogP contribution < -0.4 is 15.2 Å². The molecule has 0 spiro atoms. The number of aromatic nitrogens is 2. The second-order valence-corrected chi connectivity index (χ2v) is 4.96. The number of carbonyl (C=O) groups excluding carboxylic acids is 1. The summed E-state index contributed by atoms with van der Waals surface area (Å²) < 4.78 is 11.3. The largest absolute Gasteiger partial charge is 0.489 e. The number of hydrogen-bond acceptors (Lipinski definition) is 5. The molecule has 0 saturated heterocycles. The summed E-state index contributed by atoms with van der Waals surface area (Å²) in [7, 11) is 0. The molecule has 6 heteroatoms. The van der Waals surface area contributed by atoms with E-state index in [9.17, 15) is 4.79 Å². The van der Waals surface area contributed by atoms with Gasteiger partial charge in [0.05, 0.1) is 0 Å². The van der Waals surface area contributed by atoms with E-state index in [1.54, 1.807) is 48.8 Å². The number of nitrogens with zero attached hydrogens (tertiary/aromatic N) is 2. The maximum atomic E-state index is 11.2. The van der Waals surface area contributed by atoms with E-state index in [4.69, 9.17) is 15.2 Å². The van der Waals surface area contributed by atoms with Crippen molar-refractivity contribution in [2.75, 3.05) is 0 Å². The van der Waals surface area contributed by atoms with E-state index in [1.165, 1.54) is 0 Å². The van der Waals surface area contributed by atoms with Gasteiger partial charge in [-0.1, -0.05) is 18.2 Å². The van der Waals surface area contributed by atoms with Gasteiger partial charge in [0.1, 0.15) is 18.1 Å². The summed E-state index contributed by atoms with van der Waals surface area (Å²) in [4.78, 5) is 19.2. The van der Waals surface area contributed by atoms with Crippen LogP contribution in [0.1, 0.15) is 15.9 Å². The lowest BCUT2D eigenvalue weighted by Gasteiger charge is -2.09. The molecule has 0 fully saturated rings. The fourth-order valence-electron chi connectivity index (χ4n) is 2.05. The van der Waals surface area contributed by atoms with Gasteiger partial charge in [0.15, 0.2) is 0 Å². The zero-order valence-corrected chi connectivity index (χ0v) is 12.8. The fourth-order valence-corrected chi connectivity index (χ4v) is 2.05. The summed E-state index contributed by atoms with van der Waals surface area (Å²) in [6, 6.07) is 16.2. The maximum absolute atomic E-state index is 11.2. The summed E-state index contributed by atoms with van der Waals surface area (Å²) in [5.41, 5.74) is 6.58. The Bertz CT molecular complexity index is 838. The minimum atomic E-state index is -0.463. The molecule has 0 aliphatic heterocycles. The Morgan fingerprint density at radius 2 is 1.71 bits per heavy atom. The highest BCUT2D eigenvalue weighted by molar-refractivity contribution is 5.92. The third-order valence-electron chi connectivity index (χ3n) is 3.17. The second-order valence-electron chi connectivity index (χ2n) is 4.96. The molecule has 24 heavy (non-hydrogen) atoms. The van der Waals surface area contributed by atoms with Crippen LogP contribution in [0.25, 0.3) is 0 Å². The van der Waals surface area contributed by atoms with Crippen molar-refractivity contribution in [3.63, 3.8) is 0 Å². The first-order valence-electron chi connectivity index (χ1n) is 7.27. The Balaban J connectivity index is 1.66. The highest BCUT2D eigenvalue weighted by Gasteiger charge is 2.04. The zero-order valence-electron chi connectivity index (χ0n) is 12.8. The van der Waals surface area contributed by atoms with E-state index >= 15 is 0 Å². The number of carbonyl (C=O) groups is 1. The van der Waals surface area contributed by atoms with Crippen molar-refractivity contribution in [2.24, 2.45) is 5.73 Å². The molecule has 0 radical (unpaired) electrons. The summed E-state index contributed by atoms with van der Waals surface area (Å²) >= 11 is 0. The number of amides is 1. The van der Waals surface area contributed by atoms with Crippen molar-refractivity contribution in [3.8, 4) is 17.5 Å². The number of rotatable bonds is 6. The molecule has 3 aromatic rings. The Morgan fingerprint density at radius 3 is 2.50 bits per heavy atom. The second kappa shape index (κ2) is 7.23. The molecular weight excluding hydrogens is 306 g/mol. The topological polar surface area (TPSA) is 87.3 Å². The van der Waals surface area contributed by atoms with Crippen LogP contribution in [0.2, 0.25) is 0 Å². The van der Waals surface area contributed by atoms with Gasteiger partial charge in [0.2, 0.25) is 5.91 Å². The molecule has 3 rings (SSSR count). The van der Waals surface area contributed by atoms with Crippen molar-refractivity contribution >= 4 is 5.91 Å². The van der Waals surface area contributed by atoms with E-state index in [-0.39, 0.29) is 6.01 Å². The molecule has 0 saturated carbocycles. The van der Waals surface area contributed by atoms with Crippen molar-refractivity contribution < 1.29 is 14.3 Å². The van der Waals surface area contributed by atoms with Crippen LogP contribution in [0.4, 0.5) is 0 Å². The Morgan fingerprint density at radius 1 is 0.958 bits per heavy atom. The minimum Gasteiger partial charge on any atom is -0.489 e. The summed E-state index contributed by atoms with van der Waals surface area (Å²) in [5.74, 6) is 0.743. The molecule has 120 valence electrons. The van der Waals surface area contributed by atoms with Gasteiger partial charge in [-0.2, -0.15) is 0 Å². The Labute approximate surface area is 138 Å². The third-order valence-corrected chi connectivity index (χ3v) is 3.17. The molecule has 2 aromatic carbocycles. The lowest BCUT2D eigenvalue weighted by molar-refractivity contribution is 0.1000. The predicted octanol–water partition coefficient (Wildman–Crippen LogP) is 2.95. The number of ether oxygens (including phenoxy) is 2. The molecule has 1 aromatic heterocycles. The van der Waals surface area contributed by atoms with E-state index in [2.05, 4.69) is 9.97 Å². The van der Waals surface area contributed by atoms with Crippen LogP contribution in [0, 0.1) is 0 Å². The van der Waals surface area contributed by atoms with Gasteiger partial charge >= 0.3 is 6.01 Å². The molecule has 1 amide bonds. The Kier molecular flexibility index (Phi) is 4.67. The first-order chi connectivity index (χ1) is 11.7. The summed E-state index contributed by atoms with van der Waals surface area (Å²) in [6.07, 6.45) is 3.21. The predicted molar refractivity (Wildman–Crippen MR) is 87.8 cm³/mol. The maximum Gasteiger partial charge on any atom is 0.321 e. The van der Waals surface area contributed by atoms with Crippen LogP contribution in [-0.2, 0) is 6.61 Å². The normalized spacial score (nSPS) is 10.2. The van der Waals surface area contributed by atoms with Crippen LogP contribution in [0.15, 0.2) is 67.0 Å². The highest BCUT2D eigenvalue weighted by Crippen LogP contribution is 2.23. The molecule has 0 unspecified atom stereocenters. The van der Waals surface area contributed by atoms with Gasteiger partial charge in [0.25, 0.3) is 0 Å². The lowest BCUT2D eigenvalue weighted by atomic mass is 10.1. The zero-order chi connectivity index (χ0) is 16.8. The number of hydrogen-bond donors (Lipinski definition) is 1. The smallest absolute Gasteiger partial charge is 0.321 e. The van der Waals surface area contributed by atoms with Crippen LogP contribution >= 0.6 is 0 Å². The van der Waals surface area contributed by atoms with E-state index < -0.39 is 5.91 Å². The minimum absolute atomic E-state index is 0.267. The fraction of sp³-hybridized carbons (Fsp3) is 0.0556. The first kappa shape index (κ1) is 15.5. The van der Waals surface area contributed by atoms with Gasteiger partial charge in [0, 0.05) is 24.0 Å². The number of benzene rings is 2. The van der Waals surface area contributed by atoms with Gasteiger partial charge in [-0.05, 0) is 35.9 Å². The van der Waals surface area contributed by atoms with Gasteiger partial charge in [-0.25, -0.2) is 9.97 Å². The highest BCUT2D eigenvalue weighted by atomic mass is 16.5. The van der Waals surface area contributed by atoms with Crippen molar-refractivity contribution in [1.29, 1.82) is 0 Å². The molecule has 6 nitrogen and oxygen atoms in total. The SMILES string of the molecule is NC(=O)c1cccc(COc2cccc(Oc3ncccn3)c2)c1. The molecule has 0 aliphatic rings.